The van der Waals surface area contributed by atoms with Crippen LogP contribution in [0.2, 0.25) is 0 Å². The molecule has 0 bridgehead atoms. The Kier molecular flexibility index (Phi) is 6.07. The van der Waals surface area contributed by atoms with Crippen LogP contribution in [-0.4, -0.2) is 31.6 Å². The second-order valence-electron chi connectivity index (χ2n) is 6.56. The highest BCUT2D eigenvalue weighted by Crippen LogP contribution is 2.18. The molecular formula is C21H27N3O. The van der Waals surface area contributed by atoms with Crippen LogP contribution in [0.1, 0.15) is 35.7 Å². The third-order valence-electron chi connectivity index (χ3n) is 4.72. The molecule has 1 heterocycles. The topological polar surface area (TPSA) is 44.4 Å². The zero-order chi connectivity index (χ0) is 17.5. The second-order valence-corrected chi connectivity index (χ2v) is 6.56. The molecule has 0 saturated carbocycles. The summed E-state index contributed by atoms with van der Waals surface area (Å²) in [6.07, 6.45) is 2.17. The van der Waals surface area contributed by atoms with Crippen LogP contribution in [0.3, 0.4) is 0 Å². The van der Waals surface area contributed by atoms with Gasteiger partial charge in [-0.2, -0.15) is 0 Å². The number of hydrogen-bond donors (Lipinski definition) is 2. The van der Waals surface area contributed by atoms with E-state index in [4.69, 9.17) is 0 Å². The van der Waals surface area contributed by atoms with Gasteiger partial charge < -0.3 is 15.5 Å². The number of rotatable bonds is 6. The summed E-state index contributed by atoms with van der Waals surface area (Å²) in [4.78, 5) is 14.7. The molecule has 4 heteroatoms. The molecule has 0 spiro atoms. The first-order chi connectivity index (χ1) is 12.3. The molecule has 0 aliphatic carbocycles. The van der Waals surface area contributed by atoms with Crippen molar-refractivity contribution in [1.29, 1.82) is 0 Å². The Morgan fingerprint density at radius 3 is 2.56 bits per heavy atom. The van der Waals surface area contributed by atoms with E-state index in [1.807, 2.05) is 30.3 Å². The Morgan fingerprint density at radius 2 is 1.92 bits per heavy atom. The number of nitrogens with zero attached hydrogens (tertiary/aromatic N) is 1. The van der Waals surface area contributed by atoms with Crippen LogP contribution in [0.25, 0.3) is 0 Å². The molecule has 1 aliphatic rings. The van der Waals surface area contributed by atoms with E-state index in [2.05, 4.69) is 46.7 Å². The van der Waals surface area contributed by atoms with Gasteiger partial charge in [-0.15, -0.1) is 0 Å². The van der Waals surface area contributed by atoms with Gasteiger partial charge in [-0.05, 0) is 56.1 Å². The van der Waals surface area contributed by atoms with Crippen LogP contribution in [0.15, 0.2) is 54.6 Å². The van der Waals surface area contributed by atoms with Gasteiger partial charge in [-0.25, -0.2) is 0 Å². The molecule has 1 atom stereocenters. The maximum atomic E-state index is 12.4. The van der Waals surface area contributed by atoms with Gasteiger partial charge >= 0.3 is 0 Å². The summed E-state index contributed by atoms with van der Waals surface area (Å²) in [5, 5.41) is 6.45. The molecule has 2 aromatic carbocycles. The van der Waals surface area contributed by atoms with Gasteiger partial charge in [-0.1, -0.05) is 30.3 Å². The first-order valence-corrected chi connectivity index (χ1v) is 9.17. The number of carbonyl (C=O) groups excluding carboxylic acids is 1. The van der Waals surface area contributed by atoms with Crippen molar-refractivity contribution in [3.63, 3.8) is 0 Å². The van der Waals surface area contributed by atoms with E-state index < -0.39 is 0 Å². The van der Waals surface area contributed by atoms with E-state index >= 15 is 0 Å². The second kappa shape index (κ2) is 8.67. The standard InChI is InChI=1S/C21H27N3O/c1-2-24(16-17-7-4-3-5-8-17)20-12-10-18(11-13-20)21(25)23-19-9-6-14-22-15-19/h3-5,7-8,10-13,19,22H,2,6,9,14-16H2,1H3,(H,23,25)/t19-/m0/s1. The molecule has 0 aromatic heterocycles. The van der Waals surface area contributed by atoms with Gasteiger partial charge in [-0.3, -0.25) is 4.79 Å². The highest BCUT2D eigenvalue weighted by Gasteiger charge is 2.16. The van der Waals surface area contributed by atoms with E-state index in [0.717, 1.165) is 50.3 Å². The molecule has 1 aliphatic heterocycles. The van der Waals surface area contributed by atoms with E-state index in [0.29, 0.717) is 0 Å². The number of anilines is 1. The fourth-order valence-corrected chi connectivity index (χ4v) is 3.26. The molecule has 1 saturated heterocycles. The first-order valence-electron chi connectivity index (χ1n) is 9.17. The van der Waals surface area contributed by atoms with Gasteiger partial charge in [0.15, 0.2) is 0 Å². The quantitative estimate of drug-likeness (QED) is 0.851. The van der Waals surface area contributed by atoms with Gasteiger partial charge in [0.1, 0.15) is 0 Å². The summed E-state index contributed by atoms with van der Waals surface area (Å²) < 4.78 is 0. The monoisotopic (exact) mass is 337 g/mol. The minimum atomic E-state index is 0.0198. The maximum Gasteiger partial charge on any atom is 0.251 e. The largest absolute Gasteiger partial charge is 0.367 e. The molecule has 2 aromatic rings. The van der Waals surface area contributed by atoms with Gasteiger partial charge in [0.05, 0.1) is 0 Å². The Bertz CT molecular complexity index is 663. The minimum Gasteiger partial charge on any atom is -0.367 e. The maximum absolute atomic E-state index is 12.4. The van der Waals surface area contributed by atoms with Crippen LogP contribution in [-0.2, 0) is 6.54 Å². The minimum absolute atomic E-state index is 0.0198. The predicted octanol–water partition coefficient (Wildman–Crippen LogP) is 3.19. The third-order valence-corrected chi connectivity index (χ3v) is 4.72. The van der Waals surface area contributed by atoms with Gasteiger partial charge in [0.25, 0.3) is 5.91 Å². The molecule has 2 N–H and O–H groups in total. The number of piperidine rings is 1. The SMILES string of the molecule is CCN(Cc1ccccc1)c1ccc(C(=O)N[C@H]2CCCNC2)cc1. The number of carbonyl (C=O) groups is 1. The predicted molar refractivity (Wildman–Crippen MR) is 103 cm³/mol. The molecule has 132 valence electrons. The first kappa shape index (κ1) is 17.5. The fraction of sp³-hybridized carbons (Fsp3) is 0.381. The van der Waals surface area contributed by atoms with Crippen molar-refractivity contribution in [2.45, 2.75) is 32.4 Å². The lowest BCUT2D eigenvalue weighted by atomic mass is 10.1. The molecule has 1 amide bonds. The fourth-order valence-electron chi connectivity index (χ4n) is 3.26. The van der Waals surface area contributed by atoms with Crippen LogP contribution >= 0.6 is 0 Å². The van der Waals surface area contributed by atoms with Crippen molar-refractivity contribution in [3.05, 3.63) is 65.7 Å². The summed E-state index contributed by atoms with van der Waals surface area (Å²) in [6.45, 7) is 5.87. The van der Waals surface area contributed by atoms with Gasteiger partial charge in [0.2, 0.25) is 0 Å². The van der Waals surface area contributed by atoms with Gasteiger partial charge in [0, 0.05) is 36.9 Å². The lowest BCUT2D eigenvalue weighted by molar-refractivity contribution is 0.0930. The zero-order valence-corrected chi connectivity index (χ0v) is 14.9. The van der Waals surface area contributed by atoms with E-state index in [-0.39, 0.29) is 11.9 Å². The lowest BCUT2D eigenvalue weighted by Crippen LogP contribution is -2.45. The Labute approximate surface area is 150 Å². The van der Waals surface area contributed by atoms with Crippen molar-refractivity contribution < 1.29 is 4.79 Å². The highest BCUT2D eigenvalue weighted by atomic mass is 16.1. The average Bonchev–Trinajstić information content (AvgIpc) is 2.68. The number of nitrogens with one attached hydrogen (secondary N) is 2. The van der Waals surface area contributed by atoms with Crippen molar-refractivity contribution in [3.8, 4) is 0 Å². The highest BCUT2D eigenvalue weighted by molar-refractivity contribution is 5.94. The Balaban J connectivity index is 1.62. The molecule has 1 fully saturated rings. The van der Waals surface area contributed by atoms with E-state index in [1.165, 1.54) is 5.56 Å². The third kappa shape index (κ3) is 4.83. The molecule has 0 unspecified atom stereocenters. The number of amides is 1. The molecular weight excluding hydrogens is 310 g/mol. The summed E-state index contributed by atoms with van der Waals surface area (Å²) in [7, 11) is 0. The van der Waals surface area contributed by atoms with Crippen LogP contribution in [0.5, 0.6) is 0 Å². The molecule has 3 rings (SSSR count). The summed E-state index contributed by atoms with van der Waals surface area (Å²) in [5.41, 5.74) is 3.16. The Hall–Kier alpha value is -2.33. The van der Waals surface area contributed by atoms with Crippen molar-refractivity contribution in [1.82, 2.24) is 10.6 Å². The van der Waals surface area contributed by atoms with Crippen molar-refractivity contribution in [2.24, 2.45) is 0 Å². The molecule has 4 nitrogen and oxygen atoms in total. The summed E-state index contributed by atoms with van der Waals surface area (Å²) in [6, 6.07) is 18.6. The molecule has 25 heavy (non-hydrogen) atoms. The van der Waals surface area contributed by atoms with E-state index in [9.17, 15) is 4.79 Å². The zero-order valence-electron chi connectivity index (χ0n) is 14.9. The normalized spacial score (nSPS) is 17.1. The van der Waals surface area contributed by atoms with Crippen molar-refractivity contribution >= 4 is 11.6 Å². The average molecular weight is 337 g/mol. The number of benzene rings is 2. The van der Waals surface area contributed by atoms with Crippen LogP contribution < -0.4 is 15.5 Å². The lowest BCUT2D eigenvalue weighted by Gasteiger charge is -2.25. The van der Waals surface area contributed by atoms with E-state index in [1.54, 1.807) is 0 Å². The molecule has 0 radical (unpaired) electrons. The van der Waals surface area contributed by atoms with Crippen molar-refractivity contribution in [2.75, 3.05) is 24.5 Å². The summed E-state index contributed by atoms with van der Waals surface area (Å²) >= 11 is 0. The van der Waals surface area contributed by atoms with Crippen LogP contribution in [0.4, 0.5) is 5.69 Å². The Morgan fingerprint density at radius 1 is 1.16 bits per heavy atom. The number of hydrogen-bond acceptors (Lipinski definition) is 3. The summed E-state index contributed by atoms with van der Waals surface area (Å²) in [5.74, 6) is 0.0198. The van der Waals surface area contributed by atoms with Crippen LogP contribution in [0, 0.1) is 0 Å². The smallest absolute Gasteiger partial charge is 0.251 e.